The molecule has 2 aromatic carbocycles. The van der Waals surface area contributed by atoms with Crippen LogP contribution in [0.15, 0.2) is 59.7 Å². The van der Waals surface area contributed by atoms with E-state index < -0.39 is 0 Å². The number of para-hydroxylation sites is 2. The number of aryl methyl sites for hydroxylation is 1. The van der Waals surface area contributed by atoms with Crippen molar-refractivity contribution in [1.29, 1.82) is 0 Å². The Balaban J connectivity index is 1.54. The van der Waals surface area contributed by atoms with E-state index in [1.54, 1.807) is 17.8 Å². The molecule has 1 saturated heterocycles. The van der Waals surface area contributed by atoms with Gasteiger partial charge in [-0.05, 0) is 29.8 Å². The van der Waals surface area contributed by atoms with E-state index in [2.05, 4.69) is 31.5 Å². The van der Waals surface area contributed by atoms with Crippen LogP contribution in [0.1, 0.15) is 0 Å². The summed E-state index contributed by atoms with van der Waals surface area (Å²) in [4.78, 5) is 19.9. The smallest absolute Gasteiger partial charge is 0.293 e. The molecule has 0 aliphatic carbocycles. The first kappa shape index (κ1) is 18.4. The van der Waals surface area contributed by atoms with Gasteiger partial charge in [0.2, 0.25) is 0 Å². The van der Waals surface area contributed by atoms with Crippen molar-refractivity contribution in [3.63, 3.8) is 0 Å². The number of aromatic amines is 1. The van der Waals surface area contributed by atoms with E-state index in [9.17, 15) is 4.79 Å². The van der Waals surface area contributed by atoms with Gasteiger partial charge in [0, 0.05) is 31.9 Å². The third-order valence-corrected chi connectivity index (χ3v) is 5.42. The Morgan fingerprint density at radius 1 is 1.10 bits per heavy atom. The second-order valence-corrected chi connectivity index (χ2v) is 7.26. The normalized spacial score (nSPS) is 14.2. The molecule has 0 atom stereocenters. The third kappa shape index (κ3) is 3.31. The minimum absolute atomic E-state index is 0.177. The molecule has 0 unspecified atom stereocenters. The molecule has 1 aliphatic heterocycles. The van der Waals surface area contributed by atoms with Crippen molar-refractivity contribution in [2.24, 2.45) is 7.05 Å². The van der Waals surface area contributed by atoms with Gasteiger partial charge < -0.3 is 19.5 Å². The van der Waals surface area contributed by atoms with Gasteiger partial charge in [0.25, 0.3) is 5.56 Å². The predicted molar refractivity (Wildman–Crippen MR) is 117 cm³/mol. The maximum absolute atomic E-state index is 13.1. The first-order valence-corrected chi connectivity index (χ1v) is 9.89. The van der Waals surface area contributed by atoms with Gasteiger partial charge in [-0.3, -0.25) is 9.89 Å². The summed E-state index contributed by atoms with van der Waals surface area (Å²) in [6.07, 6.45) is 3.58. The number of morpholine rings is 1. The summed E-state index contributed by atoms with van der Waals surface area (Å²) in [5.41, 5.74) is 5.18. The van der Waals surface area contributed by atoms with Gasteiger partial charge in [-0.15, -0.1) is 0 Å². The van der Waals surface area contributed by atoms with Crippen molar-refractivity contribution in [3.05, 3.63) is 65.2 Å². The number of hydrogen-bond acceptors (Lipinski definition) is 6. The summed E-state index contributed by atoms with van der Waals surface area (Å²) in [6.45, 7) is 3.03. The highest BCUT2D eigenvalue weighted by Gasteiger charge is 2.16. The van der Waals surface area contributed by atoms with Crippen LogP contribution in [0.2, 0.25) is 0 Å². The predicted octanol–water partition coefficient (Wildman–Crippen LogP) is 2.90. The lowest BCUT2D eigenvalue weighted by atomic mass is 10.1. The Hall–Kier alpha value is -3.65. The molecule has 0 spiro atoms. The number of rotatable bonds is 4. The van der Waals surface area contributed by atoms with Gasteiger partial charge in [0.05, 0.1) is 41.8 Å². The first-order valence-electron chi connectivity index (χ1n) is 9.89. The molecule has 4 aromatic rings. The van der Waals surface area contributed by atoms with E-state index in [0.717, 1.165) is 46.6 Å². The maximum Gasteiger partial charge on any atom is 0.293 e. The molecule has 2 N–H and O–H groups in total. The van der Waals surface area contributed by atoms with Crippen LogP contribution in [0.4, 0.5) is 17.2 Å². The number of aromatic nitrogens is 4. The Morgan fingerprint density at radius 3 is 2.73 bits per heavy atom. The van der Waals surface area contributed by atoms with Gasteiger partial charge in [0.15, 0.2) is 5.82 Å². The van der Waals surface area contributed by atoms with Crippen LogP contribution in [-0.4, -0.2) is 46.1 Å². The average molecular weight is 402 g/mol. The SMILES string of the molecule is Cn1c(=O)c(Nc2ccccc2N2CCOCC2)nc2ccc(-c3cn[nH]c3)cc21. The van der Waals surface area contributed by atoms with Crippen molar-refractivity contribution < 1.29 is 4.74 Å². The minimum Gasteiger partial charge on any atom is -0.378 e. The second-order valence-electron chi connectivity index (χ2n) is 7.26. The number of benzene rings is 2. The fourth-order valence-electron chi connectivity index (χ4n) is 3.78. The molecule has 1 fully saturated rings. The van der Waals surface area contributed by atoms with Crippen molar-refractivity contribution in [1.82, 2.24) is 19.7 Å². The zero-order valence-corrected chi connectivity index (χ0v) is 16.6. The van der Waals surface area contributed by atoms with E-state index in [1.165, 1.54) is 0 Å². The van der Waals surface area contributed by atoms with Crippen molar-refractivity contribution >= 4 is 28.2 Å². The van der Waals surface area contributed by atoms with E-state index in [-0.39, 0.29) is 5.56 Å². The monoisotopic (exact) mass is 402 g/mol. The van der Waals surface area contributed by atoms with Crippen LogP contribution >= 0.6 is 0 Å². The highest BCUT2D eigenvalue weighted by Crippen LogP contribution is 2.29. The largest absolute Gasteiger partial charge is 0.378 e. The van der Waals surface area contributed by atoms with Gasteiger partial charge in [-0.1, -0.05) is 18.2 Å². The summed E-state index contributed by atoms with van der Waals surface area (Å²) in [5.74, 6) is 0.307. The van der Waals surface area contributed by atoms with Crippen LogP contribution in [0.3, 0.4) is 0 Å². The van der Waals surface area contributed by atoms with Gasteiger partial charge in [-0.25, -0.2) is 4.98 Å². The van der Waals surface area contributed by atoms with E-state index in [0.29, 0.717) is 19.0 Å². The molecule has 0 radical (unpaired) electrons. The fourth-order valence-corrected chi connectivity index (χ4v) is 3.78. The lowest BCUT2D eigenvalue weighted by Crippen LogP contribution is -2.36. The number of hydrogen-bond donors (Lipinski definition) is 2. The molecule has 3 heterocycles. The molecule has 152 valence electrons. The molecule has 0 amide bonds. The topological polar surface area (TPSA) is 88.1 Å². The fraction of sp³-hybridized carbons (Fsp3) is 0.227. The number of ether oxygens (including phenoxy) is 1. The standard InChI is InChI=1S/C22H22N6O2/c1-27-20-12-15(16-13-23-24-14-16)6-7-18(20)26-21(22(27)29)25-17-4-2-3-5-19(17)28-8-10-30-11-9-28/h2-7,12-14H,8-11H2,1H3,(H,23,24)(H,25,26). The zero-order valence-electron chi connectivity index (χ0n) is 16.6. The number of H-pyrrole nitrogens is 1. The number of anilines is 3. The van der Waals surface area contributed by atoms with Gasteiger partial charge >= 0.3 is 0 Å². The number of nitrogens with one attached hydrogen (secondary N) is 2. The molecule has 8 nitrogen and oxygen atoms in total. The van der Waals surface area contributed by atoms with Crippen molar-refractivity contribution in [2.45, 2.75) is 0 Å². The Labute approximate surface area is 173 Å². The van der Waals surface area contributed by atoms with Crippen LogP contribution in [-0.2, 0) is 11.8 Å². The molecular weight excluding hydrogens is 380 g/mol. The number of nitrogens with zero attached hydrogens (tertiary/aromatic N) is 4. The Kier molecular flexibility index (Phi) is 4.68. The lowest BCUT2D eigenvalue weighted by molar-refractivity contribution is 0.123. The van der Waals surface area contributed by atoms with Crippen LogP contribution in [0.5, 0.6) is 0 Å². The van der Waals surface area contributed by atoms with Crippen molar-refractivity contribution in [3.8, 4) is 11.1 Å². The summed E-state index contributed by atoms with van der Waals surface area (Å²) in [7, 11) is 1.77. The molecule has 1 aliphatic rings. The Bertz CT molecular complexity index is 1240. The van der Waals surface area contributed by atoms with E-state index in [1.807, 2.05) is 42.6 Å². The molecule has 0 bridgehead atoms. The second kappa shape index (κ2) is 7.64. The summed E-state index contributed by atoms with van der Waals surface area (Å²) in [5, 5.41) is 10.1. The average Bonchev–Trinajstić information content (AvgIpc) is 3.33. The zero-order chi connectivity index (χ0) is 20.5. The highest BCUT2D eigenvalue weighted by atomic mass is 16.5. The van der Waals surface area contributed by atoms with E-state index >= 15 is 0 Å². The maximum atomic E-state index is 13.1. The van der Waals surface area contributed by atoms with Crippen LogP contribution < -0.4 is 15.8 Å². The van der Waals surface area contributed by atoms with Crippen LogP contribution in [0.25, 0.3) is 22.2 Å². The molecule has 2 aromatic heterocycles. The summed E-state index contributed by atoms with van der Waals surface area (Å²) < 4.78 is 7.10. The Morgan fingerprint density at radius 2 is 1.93 bits per heavy atom. The number of fused-ring (bicyclic) bond motifs is 1. The molecule has 0 saturated carbocycles. The molecule has 30 heavy (non-hydrogen) atoms. The first-order chi connectivity index (χ1) is 14.7. The summed E-state index contributed by atoms with van der Waals surface area (Å²) in [6, 6.07) is 13.8. The molecule has 5 rings (SSSR count). The summed E-state index contributed by atoms with van der Waals surface area (Å²) >= 11 is 0. The van der Waals surface area contributed by atoms with Crippen molar-refractivity contribution in [2.75, 3.05) is 36.5 Å². The van der Waals surface area contributed by atoms with Gasteiger partial charge in [0.1, 0.15) is 0 Å². The molecular formula is C22H22N6O2. The van der Waals surface area contributed by atoms with E-state index in [4.69, 9.17) is 4.74 Å². The third-order valence-electron chi connectivity index (χ3n) is 5.42. The van der Waals surface area contributed by atoms with Gasteiger partial charge in [-0.2, -0.15) is 5.10 Å². The van der Waals surface area contributed by atoms with Crippen LogP contribution in [0, 0.1) is 0 Å². The minimum atomic E-state index is -0.177. The lowest BCUT2D eigenvalue weighted by Gasteiger charge is -2.30. The quantitative estimate of drug-likeness (QED) is 0.546. The highest BCUT2D eigenvalue weighted by molar-refractivity contribution is 5.83. The molecule has 8 heteroatoms.